The Hall–Kier alpha value is 0.0700. The van der Waals surface area contributed by atoms with Gasteiger partial charge >= 0.3 is 0 Å². The lowest BCUT2D eigenvalue weighted by Crippen LogP contribution is -2.33. The van der Waals surface area contributed by atoms with E-state index in [0.29, 0.717) is 0 Å². The van der Waals surface area contributed by atoms with Gasteiger partial charge < -0.3 is 10.4 Å². The average molecular weight is 185 g/mol. The lowest BCUT2D eigenvalue weighted by Gasteiger charge is -2.23. The minimum atomic E-state index is 0. The first-order valence-corrected chi connectivity index (χ1v) is 3.82. The van der Waals surface area contributed by atoms with E-state index >= 15 is 0 Å². The lowest BCUT2D eigenvalue weighted by molar-refractivity contribution is 0.528. The second kappa shape index (κ2) is 5.82. The highest BCUT2D eigenvalue weighted by atomic mass is 35.5. The van der Waals surface area contributed by atoms with Crippen LogP contribution in [0, 0.1) is 5.41 Å². The molecule has 0 saturated carbocycles. The Morgan fingerprint density at radius 1 is 1.60 bits per heavy atom. The van der Waals surface area contributed by atoms with Crippen LogP contribution in [-0.2, 0) is 0 Å². The molecule has 10 heavy (non-hydrogen) atoms. The first-order chi connectivity index (χ1) is 3.80. The molecular weight excluding hydrogens is 172 g/mol. The van der Waals surface area contributed by atoms with Gasteiger partial charge in [-0.05, 0) is 0 Å². The quantitative estimate of drug-likeness (QED) is 0.587. The fourth-order valence-corrected chi connectivity index (χ4v) is 1.58. The molecule has 0 atom stereocenters. The van der Waals surface area contributed by atoms with Gasteiger partial charge in [0.2, 0.25) is 0 Å². The summed E-state index contributed by atoms with van der Waals surface area (Å²) in [4.78, 5) is 2.00. The zero-order chi connectivity index (χ0) is 5.98. The Balaban J connectivity index is 0. The van der Waals surface area contributed by atoms with Crippen LogP contribution >= 0.6 is 24.2 Å². The Morgan fingerprint density at radius 3 is 2.50 bits per heavy atom. The normalized spacial score (nSPS) is 17.3. The molecule has 1 aliphatic heterocycles. The van der Waals surface area contributed by atoms with Crippen molar-refractivity contribution in [2.45, 2.75) is 0 Å². The second-order valence-electron chi connectivity index (χ2n) is 1.92. The highest BCUT2D eigenvalue weighted by Gasteiger charge is 2.08. The van der Waals surface area contributed by atoms with E-state index in [4.69, 9.17) is 5.41 Å². The Morgan fingerprint density at radius 2 is 2.20 bits per heavy atom. The molecule has 0 amide bonds. The van der Waals surface area contributed by atoms with E-state index < -0.39 is 0 Å². The summed E-state index contributed by atoms with van der Waals surface area (Å²) >= 11 is 1.84. The van der Waals surface area contributed by atoms with Gasteiger partial charge in [-0.3, -0.25) is 5.41 Å². The van der Waals surface area contributed by atoms with E-state index in [9.17, 15) is 0 Å². The topological polar surface area (TPSA) is 58.6 Å². The van der Waals surface area contributed by atoms with Crippen molar-refractivity contribution in [3.05, 3.63) is 0 Å². The maximum atomic E-state index is 7.30. The van der Waals surface area contributed by atoms with Crippen molar-refractivity contribution < 1.29 is 5.48 Å². The maximum Gasteiger partial charge on any atom is 0.106 e. The maximum absolute atomic E-state index is 7.30. The van der Waals surface area contributed by atoms with Crippen molar-refractivity contribution in [1.29, 1.82) is 5.41 Å². The fourth-order valence-electron chi connectivity index (χ4n) is 0.615. The summed E-state index contributed by atoms with van der Waals surface area (Å²) in [5, 5.41) is 7.30. The van der Waals surface area contributed by atoms with Crippen molar-refractivity contribution in [1.82, 2.24) is 4.90 Å². The monoisotopic (exact) mass is 184 g/mol. The standard InChI is InChI=1S/C5H10N2S.ClH.H2O/c1-7-2-3-8-4-5(7)6;;/h6H,2-4H2,1H3;1H;1H2. The van der Waals surface area contributed by atoms with Crippen molar-refractivity contribution in [3.8, 4) is 0 Å². The molecule has 1 heterocycles. The Labute approximate surface area is 71.4 Å². The van der Waals surface area contributed by atoms with Crippen molar-refractivity contribution in [2.75, 3.05) is 25.1 Å². The number of amidine groups is 1. The van der Waals surface area contributed by atoms with E-state index in [0.717, 1.165) is 18.1 Å². The molecule has 1 fully saturated rings. The van der Waals surface area contributed by atoms with Gasteiger partial charge in [-0.2, -0.15) is 11.8 Å². The third-order valence-electron chi connectivity index (χ3n) is 1.27. The zero-order valence-corrected chi connectivity index (χ0v) is 7.52. The molecular formula is C5H13ClN2OS. The third-order valence-corrected chi connectivity index (χ3v) is 2.22. The highest BCUT2D eigenvalue weighted by Crippen LogP contribution is 2.07. The average Bonchev–Trinajstić information content (AvgIpc) is 1.77. The molecule has 0 aliphatic carbocycles. The molecule has 0 spiro atoms. The molecule has 0 aromatic carbocycles. The van der Waals surface area contributed by atoms with Crippen LogP contribution in [0.2, 0.25) is 0 Å². The van der Waals surface area contributed by atoms with Crippen LogP contribution in [0.5, 0.6) is 0 Å². The zero-order valence-electron chi connectivity index (χ0n) is 5.89. The van der Waals surface area contributed by atoms with E-state index in [2.05, 4.69) is 0 Å². The molecule has 0 aromatic rings. The van der Waals surface area contributed by atoms with Gasteiger partial charge in [0.1, 0.15) is 5.84 Å². The van der Waals surface area contributed by atoms with Crippen molar-refractivity contribution in [3.63, 3.8) is 0 Å². The van der Waals surface area contributed by atoms with Crippen LogP contribution in [0.3, 0.4) is 0 Å². The molecule has 0 bridgehead atoms. The molecule has 1 rings (SSSR count). The smallest absolute Gasteiger partial charge is 0.106 e. The van der Waals surface area contributed by atoms with E-state index in [1.165, 1.54) is 5.75 Å². The van der Waals surface area contributed by atoms with Gasteiger partial charge in [-0.25, -0.2) is 0 Å². The lowest BCUT2D eigenvalue weighted by atomic mass is 10.5. The SMILES string of the molecule is CN1CCSCC1=N.Cl.O. The van der Waals surface area contributed by atoms with Crippen LogP contribution in [0.25, 0.3) is 0 Å². The fraction of sp³-hybridized carbons (Fsp3) is 0.800. The van der Waals surface area contributed by atoms with Crippen molar-refractivity contribution >= 4 is 30.0 Å². The van der Waals surface area contributed by atoms with Gasteiger partial charge in [0, 0.05) is 19.3 Å². The molecule has 0 radical (unpaired) electrons. The number of hydrogen-bond acceptors (Lipinski definition) is 2. The number of rotatable bonds is 0. The van der Waals surface area contributed by atoms with Crippen LogP contribution in [0.1, 0.15) is 0 Å². The van der Waals surface area contributed by atoms with Crippen LogP contribution < -0.4 is 0 Å². The molecule has 62 valence electrons. The van der Waals surface area contributed by atoms with Crippen LogP contribution in [0.4, 0.5) is 0 Å². The first kappa shape index (κ1) is 12.7. The molecule has 0 unspecified atom stereocenters. The minimum Gasteiger partial charge on any atom is -0.412 e. The highest BCUT2D eigenvalue weighted by molar-refractivity contribution is 8.00. The van der Waals surface area contributed by atoms with Crippen LogP contribution in [0.15, 0.2) is 0 Å². The molecule has 1 aliphatic rings. The van der Waals surface area contributed by atoms with Gasteiger partial charge in [-0.15, -0.1) is 12.4 Å². The summed E-state index contributed by atoms with van der Waals surface area (Å²) in [6.45, 7) is 1.05. The van der Waals surface area contributed by atoms with E-state index in [1.807, 2.05) is 23.7 Å². The van der Waals surface area contributed by atoms with E-state index in [-0.39, 0.29) is 17.9 Å². The largest absolute Gasteiger partial charge is 0.412 e. The summed E-state index contributed by atoms with van der Waals surface area (Å²) in [6.07, 6.45) is 0. The number of nitrogens with zero attached hydrogens (tertiary/aromatic N) is 1. The third kappa shape index (κ3) is 3.29. The minimum absolute atomic E-state index is 0. The molecule has 1 saturated heterocycles. The number of thioether (sulfide) groups is 1. The summed E-state index contributed by atoms with van der Waals surface area (Å²) in [5.41, 5.74) is 0. The summed E-state index contributed by atoms with van der Waals surface area (Å²) in [6, 6.07) is 0. The summed E-state index contributed by atoms with van der Waals surface area (Å²) < 4.78 is 0. The Bertz CT molecular complexity index is 112. The van der Waals surface area contributed by atoms with Gasteiger partial charge in [0.25, 0.3) is 0 Å². The summed E-state index contributed by atoms with van der Waals surface area (Å²) in [5.74, 6) is 2.84. The predicted molar refractivity (Wildman–Crippen MR) is 48.5 cm³/mol. The molecule has 3 N–H and O–H groups in total. The van der Waals surface area contributed by atoms with Crippen molar-refractivity contribution in [2.24, 2.45) is 0 Å². The van der Waals surface area contributed by atoms with Gasteiger partial charge in [0.05, 0.1) is 5.75 Å². The number of halogens is 1. The number of nitrogens with one attached hydrogen (secondary N) is 1. The molecule has 0 aromatic heterocycles. The number of hydrogen-bond donors (Lipinski definition) is 1. The van der Waals surface area contributed by atoms with Gasteiger partial charge in [0.15, 0.2) is 0 Å². The first-order valence-electron chi connectivity index (χ1n) is 2.67. The predicted octanol–water partition coefficient (Wildman–Crippen LogP) is 0.239. The second-order valence-corrected chi connectivity index (χ2v) is 3.03. The Kier molecular flexibility index (Phi) is 7.41. The van der Waals surface area contributed by atoms with Gasteiger partial charge in [-0.1, -0.05) is 0 Å². The molecule has 3 nitrogen and oxygen atoms in total. The van der Waals surface area contributed by atoms with Crippen LogP contribution in [-0.4, -0.2) is 41.3 Å². The summed E-state index contributed by atoms with van der Waals surface area (Å²) in [7, 11) is 1.97. The van der Waals surface area contributed by atoms with E-state index in [1.54, 1.807) is 0 Å². The molecule has 5 heteroatoms.